The van der Waals surface area contributed by atoms with Gasteiger partial charge in [-0.15, -0.1) is 0 Å². The maximum atomic E-state index is 11.5. The summed E-state index contributed by atoms with van der Waals surface area (Å²) in [6.45, 7) is 2.00. The SMILES string of the molecule is NC(=O)c1cccc2oc(C3CNCC4(CCC4)C3)nc12. The van der Waals surface area contributed by atoms with Gasteiger partial charge in [0.1, 0.15) is 5.52 Å². The molecule has 5 nitrogen and oxygen atoms in total. The summed E-state index contributed by atoms with van der Waals surface area (Å²) in [6.07, 6.45) is 5.04. The molecule has 1 aromatic carbocycles. The first-order chi connectivity index (χ1) is 10.2. The van der Waals surface area contributed by atoms with Crippen molar-refractivity contribution in [2.45, 2.75) is 31.6 Å². The third kappa shape index (κ3) is 2.03. The third-order valence-electron chi connectivity index (χ3n) is 5.03. The van der Waals surface area contributed by atoms with E-state index in [1.165, 1.54) is 19.3 Å². The van der Waals surface area contributed by atoms with Crippen LogP contribution in [-0.2, 0) is 0 Å². The molecule has 3 N–H and O–H groups in total. The molecule has 1 amide bonds. The minimum Gasteiger partial charge on any atom is -0.440 e. The second-order valence-electron chi connectivity index (χ2n) is 6.45. The van der Waals surface area contributed by atoms with Crippen molar-refractivity contribution in [3.63, 3.8) is 0 Å². The summed E-state index contributed by atoms with van der Waals surface area (Å²) in [5.41, 5.74) is 7.52. The molecule has 1 atom stereocenters. The average Bonchev–Trinajstić information content (AvgIpc) is 2.89. The van der Waals surface area contributed by atoms with Crippen LogP contribution < -0.4 is 11.1 Å². The van der Waals surface area contributed by atoms with E-state index in [0.717, 1.165) is 25.4 Å². The number of piperidine rings is 1. The average molecular weight is 285 g/mol. The van der Waals surface area contributed by atoms with Gasteiger partial charge in [-0.2, -0.15) is 0 Å². The van der Waals surface area contributed by atoms with Crippen LogP contribution >= 0.6 is 0 Å². The summed E-state index contributed by atoms with van der Waals surface area (Å²) in [6, 6.07) is 5.32. The molecule has 5 heteroatoms. The van der Waals surface area contributed by atoms with Gasteiger partial charge in [0.05, 0.1) is 5.56 Å². The normalized spacial score (nSPS) is 24.1. The van der Waals surface area contributed by atoms with Crippen LogP contribution in [-0.4, -0.2) is 24.0 Å². The Morgan fingerprint density at radius 2 is 2.29 bits per heavy atom. The van der Waals surface area contributed by atoms with E-state index in [9.17, 15) is 4.79 Å². The Bertz CT molecular complexity index is 703. The van der Waals surface area contributed by atoms with Crippen molar-refractivity contribution in [1.29, 1.82) is 0 Å². The number of nitrogens with two attached hydrogens (primary N) is 1. The van der Waals surface area contributed by atoms with Gasteiger partial charge in [-0.1, -0.05) is 12.5 Å². The molecule has 1 saturated heterocycles. The molecule has 0 bridgehead atoms. The molecule has 2 aliphatic rings. The van der Waals surface area contributed by atoms with E-state index in [2.05, 4.69) is 10.3 Å². The number of fused-ring (bicyclic) bond motifs is 1. The first-order valence-corrected chi connectivity index (χ1v) is 7.57. The lowest BCUT2D eigenvalue weighted by Crippen LogP contribution is -2.47. The topological polar surface area (TPSA) is 81.2 Å². The zero-order valence-corrected chi connectivity index (χ0v) is 11.9. The fraction of sp³-hybridized carbons (Fsp3) is 0.500. The van der Waals surface area contributed by atoms with E-state index in [4.69, 9.17) is 10.2 Å². The molecule has 4 rings (SSSR count). The number of hydrogen-bond acceptors (Lipinski definition) is 4. The highest BCUT2D eigenvalue weighted by molar-refractivity contribution is 6.03. The number of aromatic nitrogens is 1. The van der Waals surface area contributed by atoms with E-state index in [1.54, 1.807) is 12.1 Å². The Labute approximate surface area is 122 Å². The van der Waals surface area contributed by atoms with Crippen LogP contribution in [0.15, 0.2) is 22.6 Å². The number of benzene rings is 1. The van der Waals surface area contributed by atoms with Crippen molar-refractivity contribution in [1.82, 2.24) is 10.3 Å². The highest BCUT2D eigenvalue weighted by atomic mass is 16.3. The summed E-state index contributed by atoms with van der Waals surface area (Å²) in [7, 11) is 0. The molecule has 1 saturated carbocycles. The maximum absolute atomic E-state index is 11.5. The number of rotatable bonds is 2. The summed E-state index contributed by atoms with van der Waals surface area (Å²) >= 11 is 0. The predicted molar refractivity (Wildman–Crippen MR) is 79.0 cm³/mol. The number of primary amides is 1. The summed E-state index contributed by atoms with van der Waals surface area (Å²) in [4.78, 5) is 16.1. The number of amides is 1. The molecule has 1 aliphatic carbocycles. The molecule has 110 valence electrons. The monoisotopic (exact) mass is 285 g/mol. The Morgan fingerprint density at radius 3 is 3.00 bits per heavy atom. The van der Waals surface area contributed by atoms with Crippen LogP contribution in [0.1, 0.15) is 47.8 Å². The van der Waals surface area contributed by atoms with Crippen molar-refractivity contribution in [2.24, 2.45) is 11.1 Å². The molecule has 2 aromatic rings. The summed E-state index contributed by atoms with van der Waals surface area (Å²) < 4.78 is 5.90. The third-order valence-corrected chi connectivity index (χ3v) is 5.03. The highest BCUT2D eigenvalue weighted by Crippen LogP contribution is 2.49. The number of carbonyl (C=O) groups is 1. The van der Waals surface area contributed by atoms with Crippen molar-refractivity contribution in [2.75, 3.05) is 13.1 Å². The van der Waals surface area contributed by atoms with Crippen LogP contribution in [0.25, 0.3) is 11.1 Å². The summed E-state index contributed by atoms with van der Waals surface area (Å²) in [5.74, 6) is 0.557. The first kappa shape index (κ1) is 12.8. The molecule has 2 heterocycles. The fourth-order valence-electron chi connectivity index (χ4n) is 3.75. The van der Waals surface area contributed by atoms with Crippen LogP contribution in [0.5, 0.6) is 0 Å². The molecule has 1 aromatic heterocycles. The van der Waals surface area contributed by atoms with Crippen LogP contribution in [0.3, 0.4) is 0 Å². The lowest BCUT2D eigenvalue weighted by molar-refractivity contribution is 0.0763. The number of hydrogen-bond donors (Lipinski definition) is 2. The Balaban J connectivity index is 1.70. The van der Waals surface area contributed by atoms with Crippen molar-refractivity contribution in [3.8, 4) is 0 Å². The van der Waals surface area contributed by atoms with Crippen molar-refractivity contribution >= 4 is 17.0 Å². The first-order valence-electron chi connectivity index (χ1n) is 7.57. The Hall–Kier alpha value is -1.88. The van der Waals surface area contributed by atoms with E-state index in [0.29, 0.717) is 22.1 Å². The van der Waals surface area contributed by atoms with E-state index in [-0.39, 0.29) is 5.92 Å². The minimum atomic E-state index is -0.460. The smallest absolute Gasteiger partial charge is 0.251 e. The fourth-order valence-corrected chi connectivity index (χ4v) is 3.75. The molecule has 2 fully saturated rings. The Kier molecular flexibility index (Phi) is 2.79. The number of para-hydroxylation sites is 1. The van der Waals surface area contributed by atoms with E-state index in [1.807, 2.05) is 6.07 Å². The standard InChI is InChI=1S/C16H19N3O2/c17-14(20)11-3-1-4-12-13(11)19-15(21-12)10-7-16(5-2-6-16)9-18-8-10/h1,3-4,10,18H,2,5-9H2,(H2,17,20). The second-order valence-corrected chi connectivity index (χ2v) is 6.45. The Morgan fingerprint density at radius 1 is 1.43 bits per heavy atom. The van der Waals surface area contributed by atoms with Gasteiger partial charge < -0.3 is 15.5 Å². The largest absolute Gasteiger partial charge is 0.440 e. The van der Waals surface area contributed by atoms with Gasteiger partial charge in [-0.3, -0.25) is 4.79 Å². The van der Waals surface area contributed by atoms with Crippen LogP contribution in [0.4, 0.5) is 0 Å². The van der Waals surface area contributed by atoms with Gasteiger partial charge in [0.2, 0.25) is 0 Å². The molecular formula is C16H19N3O2. The maximum Gasteiger partial charge on any atom is 0.251 e. The zero-order chi connectivity index (χ0) is 14.4. The van der Waals surface area contributed by atoms with Gasteiger partial charge >= 0.3 is 0 Å². The predicted octanol–water partition coefficient (Wildman–Crippen LogP) is 2.17. The molecule has 1 unspecified atom stereocenters. The molecule has 1 spiro atoms. The van der Waals surface area contributed by atoms with Gasteiger partial charge in [0, 0.05) is 19.0 Å². The molecule has 1 aliphatic heterocycles. The van der Waals surface area contributed by atoms with Gasteiger partial charge in [0.25, 0.3) is 5.91 Å². The van der Waals surface area contributed by atoms with Crippen LogP contribution in [0, 0.1) is 5.41 Å². The summed E-state index contributed by atoms with van der Waals surface area (Å²) in [5, 5.41) is 3.52. The molecular weight excluding hydrogens is 266 g/mol. The number of nitrogens with one attached hydrogen (secondary N) is 1. The van der Waals surface area contributed by atoms with Crippen LogP contribution in [0.2, 0.25) is 0 Å². The lowest BCUT2D eigenvalue weighted by atomic mass is 9.62. The molecule has 0 radical (unpaired) electrons. The molecule has 21 heavy (non-hydrogen) atoms. The van der Waals surface area contributed by atoms with Gasteiger partial charge in [-0.25, -0.2) is 4.98 Å². The van der Waals surface area contributed by atoms with E-state index < -0.39 is 5.91 Å². The number of carbonyl (C=O) groups excluding carboxylic acids is 1. The van der Waals surface area contributed by atoms with Gasteiger partial charge in [-0.05, 0) is 36.8 Å². The highest BCUT2D eigenvalue weighted by Gasteiger charge is 2.42. The second kappa shape index (κ2) is 4.56. The zero-order valence-electron chi connectivity index (χ0n) is 11.9. The lowest BCUT2D eigenvalue weighted by Gasteiger charge is -2.47. The van der Waals surface area contributed by atoms with Gasteiger partial charge in [0.15, 0.2) is 11.5 Å². The quantitative estimate of drug-likeness (QED) is 0.886. The number of nitrogens with zero attached hydrogens (tertiary/aromatic N) is 1. The van der Waals surface area contributed by atoms with Crippen molar-refractivity contribution in [3.05, 3.63) is 29.7 Å². The van der Waals surface area contributed by atoms with Crippen molar-refractivity contribution < 1.29 is 9.21 Å². The van der Waals surface area contributed by atoms with E-state index >= 15 is 0 Å². The number of oxazole rings is 1. The minimum absolute atomic E-state index is 0.284.